The number of alkyl halides is 6. The van der Waals surface area contributed by atoms with Crippen LogP contribution < -0.4 is 0 Å². The van der Waals surface area contributed by atoms with Crippen LogP contribution in [-0.2, 0) is 9.57 Å². The van der Waals surface area contributed by atoms with E-state index in [0.29, 0.717) is 6.42 Å². The Labute approximate surface area is 97.5 Å². The third-order valence-electron chi connectivity index (χ3n) is 1.62. The van der Waals surface area contributed by atoms with Crippen molar-refractivity contribution in [3.63, 3.8) is 0 Å². The van der Waals surface area contributed by atoms with E-state index in [9.17, 15) is 31.1 Å². The Kier molecular flexibility index (Phi) is 5.43. The summed E-state index contributed by atoms with van der Waals surface area (Å²) in [6.45, 7) is 2.96. The van der Waals surface area contributed by atoms with E-state index >= 15 is 0 Å². The number of carbonyl (C=O) groups is 1. The number of rotatable bonds is 3. The smallest absolute Gasteiger partial charge is 0.430 e. The van der Waals surface area contributed by atoms with Gasteiger partial charge < -0.3 is 4.74 Å². The minimum Gasteiger partial charge on any atom is -0.430 e. The highest BCUT2D eigenvalue weighted by Crippen LogP contribution is 2.30. The maximum Gasteiger partial charge on any atom is 0.535 e. The molecule has 0 aromatic carbocycles. The van der Waals surface area contributed by atoms with Crippen molar-refractivity contribution >= 4 is 11.9 Å². The Bertz CT molecular complexity index is 306. The second kappa shape index (κ2) is 5.91. The first-order valence-corrected chi connectivity index (χ1v) is 4.58. The van der Waals surface area contributed by atoms with Crippen LogP contribution in [0.5, 0.6) is 0 Å². The summed E-state index contributed by atoms with van der Waals surface area (Å²) in [5.74, 6) is 0. The molecule has 0 aliphatic carbocycles. The molecule has 0 radical (unpaired) electrons. The Morgan fingerprint density at radius 2 is 1.61 bits per heavy atom. The second-order valence-corrected chi connectivity index (χ2v) is 3.11. The van der Waals surface area contributed by atoms with E-state index in [1.54, 1.807) is 12.1 Å². The largest absolute Gasteiger partial charge is 0.535 e. The zero-order valence-electron chi connectivity index (χ0n) is 9.22. The molecular weight excluding hydrogens is 272 g/mol. The van der Waals surface area contributed by atoms with E-state index in [1.165, 1.54) is 6.92 Å². The summed E-state index contributed by atoms with van der Waals surface area (Å²) in [5, 5.41) is 1.75. The molecule has 18 heavy (non-hydrogen) atoms. The first-order valence-electron chi connectivity index (χ1n) is 4.58. The van der Waals surface area contributed by atoms with Gasteiger partial charge in [0, 0.05) is 0 Å². The average molecular weight is 281 g/mol. The van der Waals surface area contributed by atoms with Crippen molar-refractivity contribution < 1.29 is 40.7 Å². The fourth-order valence-corrected chi connectivity index (χ4v) is 0.616. The molecule has 0 fully saturated rings. The predicted molar refractivity (Wildman–Crippen MR) is 46.9 cm³/mol. The van der Waals surface area contributed by atoms with Crippen molar-refractivity contribution in [3.8, 4) is 0 Å². The van der Waals surface area contributed by atoms with Gasteiger partial charge in [-0.25, -0.2) is 4.79 Å². The molecule has 0 aliphatic rings. The summed E-state index contributed by atoms with van der Waals surface area (Å²) in [6.07, 6.45) is -13.7. The lowest BCUT2D eigenvalue weighted by Gasteiger charge is -2.13. The topological polar surface area (TPSA) is 47.9 Å². The lowest BCUT2D eigenvalue weighted by atomic mass is 10.3. The number of hydrogen-bond donors (Lipinski definition) is 0. The lowest BCUT2D eigenvalue weighted by molar-refractivity contribution is -0.121. The summed E-state index contributed by atoms with van der Waals surface area (Å²) in [4.78, 5) is 14.1. The van der Waals surface area contributed by atoms with Crippen LogP contribution in [0, 0.1) is 0 Å². The molecular formula is C8H9F6NO3. The lowest BCUT2D eigenvalue weighted by Crippen LogP contribution is -2.37. The van der Waals surface area contributed by atoms with E-state index in [2.05, 4.69) is 9.57 Å². The van der Waals surface area contributed by atoms with Gasteiger partial charge in [0.25, 0.3) is 5.71 Å². The van der Waals surface area contributed by atoms with Crippen molar-refractivity contribution in [2.24, 2.45) is 5.16 Å². The molecule has 0 aliphatic heterocycles. The maximum atomic E-state index is 11.9. The molecule has 0 aromatic rings. The van der Waals surface area contributed by atoms with Gasteiger partial charge in [0.1, 0.15) is 6.10 Å². The van der Waals surface area contributed by atoms with Crippen LogP contribution in [0.15, 0.2) is 5.16 Å². The molecule has 0 heterocycles. The Morgan fingerprint density at radius 1 is 1.17 bits per heavy atom. The highest BCUT2D eigenvalue weighted by molar-refractivity contribution is 5.94. The first-order chi connectivity index (χ1) is 7.98. The van der Waals surface area contributed by atoms with Crippen LogP contribution >= 0.6 is 0 Å². The van der Waals surface area contributed by atoms with Crippen LogP contribution in [0.1, 0.15) is 20.3 Å². The van der Waals surface area contributed by atoms with Crippen LogP contribution in [0.4, 0.5) is 31.1 Å². The molecule has 4 nitrogen and oxygen atoms in total. The Morgan fingerprint density at radius 3 is 1.94 bits per heavy atom. The average Bonchev–Trinajstić information content (AvgIpc) is 2.13. The van der Waals surface area contributed by atoms with Gasteiger partial charge in [-0.15, -0.1) is 0 Å². The van der Waals surface area contributed by atoms with E-state index in [-0.39, 0.29) is 0 Å². The molecule has 0 saturated carbocycles. The fourth-order valence-electron chi connectivity index (χ4n) is 0.616. The van der Waals surface area contributed by atoms with Crippen LogP contribution in [0.25, 0.3) is 0 Å². The van der Waals surface area contributed by atoms with Crippen molar-refractivity contribution in [2.45, 2.75) is 38.7 Å². The second-order valence-electron chi connectivity index (χ2n) is 3.11. The normalized spacial score (nSPS) is 13.8. The fraction of sp³-hybridized carbons (Fsp3) is 0.750. The third kappa shape index (κ3) is 5.73. The van der Waals surface area contributed by atoms with E-state index in [4.69, 9.17) is 0 Å². The van der Waals surface area contributed by atoms with Gasteiger partial charge in [-0.05, 0) is 13.3 Å². The number of oxime groups is 1. The summed E-state index contributed by atoms with van der Waals surface area (Å²) in [7, 11) is 0. The van der Waals surface area contributed by atoms with Gasteiger partial charge in [0.15, 0.2) is 0 Å². The molecule has 1 atom stereocenters. The first kappa shape index (κ1) is 16.5. The molecule has 0 aromatic heterocycles. The van der Waals surface area contributed by atoms with Crippen LogP contribution in [-0.4, -0.2) is 30.3 Å². The van der Waals surface area contributed by atoms with E-state index < -0.39 is 30.3 Å². The zero-order valence-corrected chi connectivity index (χ0v) is 9.22. The number of halogens is 6. The zero-order chi connectivity index (χ0) is 14.6. The molecule has 0 spiro atoms. The molecule has 0 rings (SSSR count). The quantitative estimate of drug-likeness (QED) is 0.262. The summed E-state index contributed by atoms with van der Waals surface area (Å²) >= 11 is 0. The van der Waals surface area contributed by atoms with Gasteiger partial charge in [0.2, 0.25) is 0 Å². The maximum absolute atomic E-state index is 11.9. The van der Waals surface area contributed by atoms with Crippen molar-refractivity contribution in [2.75, 3.05) is 0 Å². The van der Waals surface area contributed by atoms with Crippen molar-refractivity contribution in [1.82, 2.24) is 0 Å². The minimum atomic E-state index is -5.78. The third-order valence-corrected chi connectivity index (χ3v) is 1.62. The molecule has 106 valence electrons. The van der Waals surface area contributed by atoms with E-state index in [0.717, 1.165) is 0 Å². The molecule has 0 amide bonds. The van der Waals surface area contributed by atoms with Gasteiger partial charge in [-0.1, -0.05) is 12.1 Å². The Balaban J connectivity index is 4.76. The molecule has 1 unspecified atom stereocenters. The van der Waals surface area contributed by atoms with E-state index in [1.807, 2.05) is 0 Å². The van der Waals surface area contributed by atoms with Gasteiger partial charge in [0.05, 0.1) is 0 Å². The summed E-state index contributed by atoms with van der Waals surface area (Å²) in [6, 6.07) is 0. The molecule has 0 saturated heterocycles. The SMILES string of the molecule is CCC(C)OC(=O)ON=C(C(F)(F)F)C(F)(F)F. The minimum absolute atomic E-state index is 0.310. The monoisotopic (exact) mass is 281 g/mol. The Hall–Kier alpha value is -1.48. The summed E-state index contributed by atoms with van der Waals surface area (Å²) < 4.78 is 75.7. The highest BCUT2D eigenvalue weighted by atomic mass is 19.4. The number of carbonyl (C=O) groups excluding carboxylic acids is 1. The predicted octanol–water partition coefficient (Wildman–Crippen LogP) is 3.42. The van der Waals surface area contributed by atoms with Gasteiger partial charge in [-0.2, -0.15) is 26.3 Å². The van der Waals surface area contributed by atoms with Crippen LogP contribution in [0.2, 0.25) is 0 Å². The van der Waals surface area contributed by atoms with Crippen molar-refractivity contribution in [1.29, 1.82) is 0 Å². The molecule has 0 bridgehead atoms. The number of hydrogen-bond acceptors (Lipinski definition) is 4. The van der Waals surface area contributed by atoms with Gasteiger partial charge in [-0.3, -0.25) is 4.84 Å². The van der Waals surface area contributed by atoms with Crippen LogP contribution in [0.3, 0.4) is 0 Å². The van der Waals surface area contributed by atoms with Crippen molar-refractivity contribution in [3.05, 3.63) is 0 Å². The standard InChI is InChI=1S/C8H9F6NO3/c1-3-4(2)17-6(16)18-15-5(7(9,10)11)8(12,13)14/h4H,3H2,1-2H3. The number of nitrogens with zero attached hydrogens (tertiary/aromatic N) is 1. The van der Waals surface area contributed by atoms with Gasteiger partial charge >= 0.3 is 18.5 Å². The highest BCUT2D eigenvalue weighted by Gasteiger charge is 2.54. The number of ether oxygens (including phenoxy) is 1. The summed E-state index contributed by atoms with van der Waals surface area (Å²) in [5.41, 5.74) is -3.17. The molecule has 10 heteroatoms. The molecule has 0 N–H and O–H groups in total.